The standard InChI is InChI=1S/C23H22N2O2/c1-26-19-13-11-18(12-14-19)17-23-24-21-9-5-6-10-22(21)25(23)15-16-27-20-7-3-2-4-8-20/h2-14H,15-17H2,1H3. The van der Waals surface area contributed by atoms with Gasteiger partial charge in [0.25, 0.3) is 0 Å². The molecule has 0 fully saturated rings. The van der Waals surface area contributed by atoms with Gasteiger partial charge in [-0.25, -0.2) is 4.98 Å². The quantitative estimate of drug-likeness (QED) is 0.480. The van der Waals surface area contributed by atoms with E-state index in [4.69, 9.17) is 14.5 Å². The Morgan fingerprint density at radius 1 is 0.815 bits per heavy atom. The van der Waals surface area contributed by atoms with Gasteiger partial charge in [0.1, 0.15) is 23.9 Å². The molecule has 0 aliphatic heterocycles. The Labute approximate surface area is 159 Å². The Morgan fingerprint density at radius 3 is 2.33 bits per heavy atom. The van der Waals surface area contributed by atoms with E-state index in [9.17, 15) is 0 Å². The molecule has 0 bridgehead atoms. The van der Waals surface area contributed by atoms with Crippen molar-refractivity contribution in [1.82, 2.24) is 9.55 Å². The lowest BCUT2D eigenvalue weighted by molar-refractivity contribution is 0.298. The first-order valence-electron chi connectivity index (χ1n) is 9.08. The molecule has 4 nitrogen and oxygen atoms in total. The molecule has 0 saturated heterocycles. The van der Waals surface area contributed by atoms with Crippen LogP contribution in [-0.2, 0) is 13.0 Å². The lowest BCUT2D eigenvalue weighted by atomic mass is 10.1. The van der Waals surface area contributed by atoms with E-state index in [0.29, 0.717) is 6.61 Å². The third-order valence-electron chi connectivity index (χ3n) is 4.58. The summed E-state index contributed by atoms with van der Waals surface area (Å²) in [6.45, 7) is 1.35. The van der Waals surface area contributed by atoms with E-state index in [1.54, 1.807) is 7.11 Å². The number of para-hydroxylation sites is 3. The molecule has 4 rings (SSSR count). The van der Waals surface area contributed by atoms with Crippen LogP contribution in [0.5, 0.6) is 11.5 Å². The normalized spacial score (nSPS) is 10.9. The Hall–Kier alpha value is -3.27. The van der Waals surface area contributed by atoms with Gasteiger partial charge in [0.15, 0.2) is 0 Å². The van der Waals surface area contributed by atoms with Crippen LogP contribution in [0, 0.1) is 0 Å². The number of fused-ring (bicyclic) bond motifs is 1. The molecular weight excluding hydrogens is 336 g/mol. The summed E-state index contributed by atoms with van der Waals surface area (Å²) in [5.74, 6) is 2.79. The average Bonchev–Trinajstić information content (AvgIpc) is 3.07. The van der Waals surface area contributed by atoms with Gasteiger partial charge >= 0.3 is 0 Å². The van der Waals surface area contributed by atoms with Gasteiger partial charge in [0.2, 0.25) is 0 Å². The number of methoxy groups -OCH3 is 1. The maximum atomic E-state index is 5.90. The Balaban J connectivity index is 1.56. The molecule has 0 radical (unpaired) electrons. The third kappa shape index (κ3) is 3.95. The number of benzene rings is 3. The van der Waals surface area contributed by atoms with Crippen molar-refractivity contribution in [2.24, 2.45) is 0 Å². The number of hydrogen-bond acceptors (Lipinski definition) is 3. The summed E-state index contributed by atoms with van der Waals surface area (Å²) in [7, 11) is 1.68. The summed E-state index contributed by atoms with van der Waals surface area (Å²) in [4.78, 5) is 4.85. The SMILES string of the molecule is COc1ccc(Cc2nc3ccccc3n2CCOc2ccccc2)cc1. The molecule has 1 heterocycles. The van der Waals surface area contributed by atoms with Crippen LogP contribution in [-0.4, -0.2) is 23.3 Å². The van der Waals surface area contributed by atoms with Crippen molar-refractivity contribution in [2.45, 2.75) is 13.0 Å². The van der Waals surface area contributed by atoms with E-state index in [-0.39, 0.29) is 0 Å². The summed E-state index contributed by atoms with van der Waals surface area (Å²) >= 11 is 0. The van der Waals surface area contributed by atoms with Crippen molar-refractivity contribution < 1.29 is 9.47 Å². The first-order valence-corrected chi connectivity index (χ1v) is 9.08. The van der Waals surface area contributed by atoms with Crippen LogP contribution in [0.2, 0.25) is 0 Å². The van der Waals surface area contributed by atoms with Crippen LogP contribution < -0.4 is 9.47 Å². The second-order valence-electron chi connectivity index (χ2n) is 6.35. The lowest BCUT2D eigenvalue weighted by Gasteiger charge is -2.11. The zero-order valence-electron chi connectivity index (χ0n) is 15.3. The van der Waals surface area contributed by atoms with E-state index in [2.05, 4.69) is 34.9 Å². The highest BCUT2D eigenvalue weighted by Crippen LogP contribution is 2.20. The molecule has 3 aromatic carbocycles. The van der Waals surface area contributed by atoms with Gasteiger partial charge in [0, 0.05) is 6.42 Å². The minimum Gasteiger partial charge on any atom is -0.497 e. The third-order valence-corrected chi connectivity index (χ3v) is 4.58. The Morgan fingerprint density at radius 2 is 1.56 bits per heavy atom. The molecule has 0 amide bonds. The summed E-state index contributed by atoms with van der Waals surface area (Å²) < 4.78 is 13.4. The average molecular weight is 358 g/mol. The smallest absolute Gasteiger partial charge is 0.119 e. The maximum absolute atomic E-state index is 5.90. The second-order valence-corrected chi connectivity index (χ2v) is 6.35. The molecular formula is C23H22N2O2. The second kappa shape index (κ2) is 7.96. The van der Waals surface area contributed by atoms with E-state index in [1.807, 2.05) is 48.5 Å². The fourth-order valence-electron chi connectivity index (χ4n) is 3.21. The minimum absolute atomic E-state index is 0.597. The van der Waals surface area contributed by atoms with Crippen LogP contribution in [0.4, 0.5) is 0 Å². The molecule has 136 valence electrons. The number of hydrogen-bond donors (Lipinski definition) is 0. The van der Waals surface area contributed by atoms with Crippen molar-refractivity contribution in [3.05, 3.63) is 90.3 Å². The Bertz CT molecular complexity index is 1010. The highest BCUT2D eigenvalue weighted by Gasteiger charge is 2.11. The first kappa shape index (κ1) is 17.2. The van der Waals surface area contributed by atoms with Crippen LogP contribution in [0.15, 0.2) is 78.9 Å². The molecule has 4 heteroatoms. The number of aromatic nitrogens is 2. The molecule has 27 heavy (non-hydrogen) atoms. The summed E-state index contributed by atoms with van der Waals surface area (Å²) in [5.41, 5.74) is 3.36. The van der Waals surface area contributed by atoms with E-state index >= 15 is 0 Å². The predicted molar refractivity (Wildman–Crippen MR) is 107 cm³/mol. The maximum Gasteiger partial charge on any atom is 0.119 e. The zero-order valence-corrected chi connectivity index (χ0v) is 15.3. The van der Waals surface area contributed by atoms with Crippen molar-refractivity contribution in [2.75, 3.05) is 13.7 Å². The molecule has 4 aromatic rings. The fourth-order valence-corrected chi connectivity index (χ4v) is 3.21. The number of imidazole rings is 1. The number of rotatable bonds is 7. The van der Waals surface area contributed by atoms with Crippen LogP contribution in [0.25, 0.3) is 11.0 Å². The monoisotopic (exact) mass is 358 g/mol. The van der Waals surface area contributed by atoms with Gasteiger partial charge in [-0.1, -0.05) is 42.5 Å². The van der Waals surface area contributed by atoms with Crippen molar-refractivity contribution in [3.63, 3.8) is 0 Å². The van der Waals surface area contributed by atoms with Crippen molar-refractivity contribution in [3.8, 4) is 11.5 Å². The lowest BCUT2D eigenvalue weighted by Crippen LogP contribution is -2.11. The van der Waals surface area contributed by atoms with Gasteiger partial charge < -0.3 is 14.0 Å². The van der Waals surface area contributed by atoms with E-state index < -0.39 is 0 Å². The van der Waals surface area contributed by atoms with Crippen molar-refractivity contribution in [1.29, 1.82) is 0 Å². The number of ether oxygens (including phenoxy) is 2. The highest BCUT2D eigenvalue weighted by molar-refractivity contribution is 5.76. The highest BCUT2D eigenvalue weighted by atomic mass is 16.5. The zero-order chi connectivity index (χ0) is 18.5. The van der Waals surface area contributed by atoms with Crippen LogP contribution in [0.1, 0.15) is 11.4 Å². The van der Waals surface area contributed by atoms with Crippen molar-refractivity contribution >= 4 is 11.0 Å². The largest absolute Gasteiger partial charge is 0.497 e. The molecule has 0 atom stereocenters. The van der Waals surface area contributed by atoms with Gasteiger partial charge in [0.05, 0.1) is 24.7 Å². The van der Waals surface area contributed by atoms with Gasteiger partial charge in [-0.05, 0) is 42.0 Å². The van der Waals surface area contributed by atoms with Gasteiger partial charge in [-0.15, -0.1) is 0 Å². The predicted octanol–water partition coefficient (Wildman–Crippen LogP) is 4.71. The fraction of sp³-hybridized carbons (Fsp3) is 0.174. The van der Waals surface area contributed by atoms with Gasteiger partial charge in [-0.2, -0.15) is 0 Å². The minimum atomic E-state index is 0.597. The first-order chi connectivity index (χ1) is 13.3. The summed E-state index contributed by atoms with van der Waals surface area (Å²) in [5, 5.41) is 0. The molecule has 0 saturated carbocycles. The molecule has 0 aliphatic rings. The van der Waals surface area contributed by atoms with E-state index in [1.165, 1.54) is 5.56 Å². The molecule has 0 N–H and O–H groups in total. The molecule has 0 spiro atoms. The number of nitrogens with zero attached hydrogens (tertiary/aromatic N) is 2. The van der Waals surface area contributed by atoms with Crippen LogP contribution >= 0.6 is 0 Å². The molecule has 0 unspecified atom stereocenters. The summed E-state index contributed by atoms with van der Waals surface area (Å²) in [6.07, 6.45) is 0.768. The van der Waals surface area contributed by atoms with E-state index in [0.717, 1.165) is 41.3 Å². The summed E-state index contributed by atoms with van der Waals surface area (Å²) in [6, 6.07) is 26.3. The topological polar surface area (TPSA) is 36.3 Å². The van der Waals surface area contributed by atoms with Crippen LogP contribution in [0.3, 0.4) is 0 Å². The molecule has 0 aliphatic carbocycles. The van der Waals surface area contributed by atoms with Gasteiger partial charge in [-0.3, -0.25) is 0 Å². The molecule has 1 aromatic heterocycles. The Kier molecular flexibility index (Phi) is 5.06.